The van der Waals surface area contributed by atoms with Gasteiger partial charge in [-0.15, -0.1) is 0 Å². The number of ether oxygens (including phenoxy) is 1. The molecular weight excluding hydrogens is 360 g/mol. The van der Waals surface area contributed by atoms with E-state index in [0.717, 1.165) is 15.6 Å². The zero-order chi connectivity index (χ0) is 15.5. The van der Waals surface area contributed by atoms with Crippen LogP contribution in [0.2, 0.25) is 5.02 Å². The number of methoxy groups -OCH3 is 1. The van der Waals surface area contributed by atoms with Gasteiger partial charge in [-0.1, -0.05) is 60.1 Å². The summed E-state index contributed by atoms with van der Waals surface area (Å²) in [4.78, 5) is 0. The van der Waals surface area contributed by atoms with Crippen LogP contribution in [0, 0.1) is 0 Å². The van der Waals surface area contributed by atoms with E-state index >= 15 is 0 Å². The summed E-state index contributed by atoms with van der Waals surface area (Å²) in [7, 11) is 1.61. The standard InChI is InChI=1S/C19H14BrClO/c1-22-19-17(20)11-16(12-18(19)21)15-9-5-8-14(10-15)13-6-3-2-4-7-13/h2-12H,1H3. The van der Waals surface area contributed by atoms with Crippen molar-refractivity contribution >= 4 is 27.5 Å². The molecule has 0 saturated heterocycles. The van der Waals surface area contributed by atoms with Gasteiger partial charge in [0, 0.05) is 0 Å². The van der Waals surface area contributed by atoms with Crippen molar-refractivity contribution in [1.29, 1.82) is 0 Å². The molecule has 0 atom stereocenters. The second kappa shape index (κ2) is 6.55. The van der Waals surface area contributed by atoms with Crippen LogP contribution in [-0.4, -0.2) is 7.11 Å². The van der Waals surface area contributed by atoms with Gasteiger partial charge < -0.3 is 4.74 Å². The molecule has 3 heteroatoms. The SMILES string of the molecule is COc1c(Cl)cc(-c2cccc(-c3ccccc3)c2)cc1Br. The van der Waals surface area contributed by atoms with Crippen molar-refractivity contribution in [2.24, 2.45) is 0 Å². The van der Waals surface area contributed by atoms with Crippen molar-refractivity contribution in [1.82, 2.24) is 0 Å². The van der Waals surface area contributed by atoms with Crippen LogP contribution in [0.5, 0.6) is 5.75 Å². The largest absolute Gasteiger partial charge is 0.494 e. The van der Waals surface area contributed by atoms with Crippen LogP contribution >= 0.6 is 27.5 Å². The van der Waals surface area contributed by atoms with Gasteiger partial charge >= 0.3 is 0 Å². The quantitative estimate of drug-likeness (QED) is 0.513. The predicted molar refractivity (Wildman–Crippen MR) is 96.6 cm³/mol. The molecule has 0 aromatic heterocycles. The van der Waals surface area contributed by atoms with E-state index in [9.17, 15) is 0 Å². The molecule has 0 aliphatic rings. The molecule has 110 valence electrons. The van der Waals surface area contributed by atoms with Crippen LogP contribution < -0.4 is 4.74 Å². The first-order valence-electron chi connectivity index (χ1n) is 6.88. The predicted octanol–water partition coefficient (Wildman–Crippen LogP) is 6.45. The number of benzene rings is 3. The second-order valence-corrected chi connectivity index (χ2v) is 6.18. The lowest BCUT2D eigenvalue weighted by molar-refractivity contribution is 0.412. The van der Waals surface area contributed by atoms with Gasteiger partial charge in [0.2, 0.25) is 0 Å². The van der Waals surface area contributed by atoms with Crippen LogP contribution in [0.4, 0.5) is 0 Å². The van der Waals surface area contributed by atoms with Crippen molar-refractivity contribution < 1.29 is 4.74 Å². The summed E-state index contributed by atoms with van der Waals surface area (Å²) in [5.41, 5.74) is 4.55. The van der Waals surface area contributed by atoms with E-state index in [1.807, 2.05) is 30.3 Å². The highest BCUT2D eigenvalue weighted by molar-refractivity contribution is 9.10. The minimum atomic E-state index is 0.594. The average molecular weight is 374 g/mol. The van der Waals surface area contributed by atoms with Crippen LogP contribution in [0.15, 0.2) is 71.2 Å². The fraction of sp³-hybridized carbons (Fsp3) is 0.0526. The molecule has 22 heavy (non-hydrogen) atoms. The maximum Gasteiger partial charge on any atom is 0.151 e. The molecule has 3 aromatic carbocycles. The molecule has 0 aliphatic carbocycles. The Morgan fingerprint density at radius 3 is 2.05 bits per heavy atom. The fourth-order valence-corrected chi connectivity index (χ4v) is 3.46. The smallest absolute Gasteiger partial charge is 0.151 e. The highest BCUT2D eigenvalue weighted by Crippen LogP contribution is 2.38. The Balaban J connectivity index is 2.07. The molecule has 0 N–H and O–H groups in total. The molecule has 1 nitrogen and oxygen atoms in total. The molecule has 0 fully saturated rings. The Morgan fingerprint density at radius 1 is 0.773 bits per heavy atom. The van der Waals surface area contributed by atoms with E-state index in [-0.39, 0.29) is 0 Å². The van der Waals surface area contributed by atoms with E-state index in [1.54, 1.807) is 7.11 Å². The molecule has 0 radical (unpaired) electrons. The van der Waals surface area contributed by atoms with Crippen LogP contribution in [-0.2, 0) is 0 Å². The number of halogens is 2. The first-order valence-corrected chi connectivity index (χ1v) is 8.05. The molecule has 0 unspecified atom stereocenters. The highest BCUT2D eigenvalue weighted by Gasteiger charge is 2.10. The van der Waals surface area contributed by atoms with Crippen LogP contribution in [0.25, 0.3) is 22.3 Å². The Labute approximate surface area is 143 Å². The average Bonchev–Trinajstić information content (AvgIpc) is 2.55. The monoisotopic (exact) mass is 372 g/mol. The van der Waals surface area contributed by atoms with Crippen molar-refractivity contribution in [2.75, 3.05) is 7.11 Å². The van der Waals surface area contributed by atoms with Crippen LogP contribution in [0.1, 0.15) is 0 Å². The highest BCUT2D eigenvalue weighted by atomic mass is 79.9. The van der Waals surface area contributed by atoms with Crippen molar-refractivity contribution in [3.63, 3.8) is 0 Å². The van der Waals surface area contributed by atoms with Gasteiger partial charge in [-0.25, -0.2) is 0 Å². The molecule has 3 aromatic rings. The lowest BCUT2D eigenvalue weighted by Crippen LogP contribution is -1.88. The maximum atomic E-state index is 6.29. The van der Waals surface area contributed by atoms with Gasteiger partial charge in [0.1, 0.15) is 0 Å². The molecule has 0 amide bonds. The maximum absolute atomic E-state index is 6.29. The molecule has 0 spiro atoms. The van der Waals surface area contributed by atoms with E-state index < -0.39 is 0 Å². The van der Waals surface area contributed by atoms with Gasteiger partial charge in [0.15, 0.2) is 5.75 Å². The van der Waals surface area contributed by atoms with E-state index in [0.29, 0.717) is 10.8 Å². The summed E-state index contributed by atoms with van der Waals surface area (Å²) in [5, 5.41) is 0.594. The third-order valence-electron chi connectivity index (χ3n) is 3.51. The molecule has 0 bridgehead atoms. The summed E-state index contributed by atoms with van der Waals surface area (Å²) in [6.45, 7) is 0. The fourth-order valence-electron chi connectivity index (χ4n) is 2.43. The Morgan fingerprint density at radius 2 is 1.41 bits per heavy atom. The molecule has 0 heterocycles. The van der Waals surface area contributed by atoms with Crippen molar-refractivity contribution in [2.45, 2.75) is 0 Å². The van der Waals surface area contributed by atoms with Crippen molar-refractivity contribution in [3.8, 4) is 28.0 Å². The molecule has 0 saturated carbocycles. The van der Waals surface area contributed by atoms with E-state index in [4.69, 9.17) is 16.3 Å². The first kappa shape index (κ1) is 15.1. The molecular formula is C19H14BrClO. The van der Waals surface area contributed by atoms with Gasteiger partial charge in [-0.2, -0.15) is 0 Å². The lowest BCUT2D eigenvalue weighted by atomic mass is 9.99. The molecule has 3 rings (SSSR count). The Hall–Kier alpha value is -1.77. The van der Waals surface area contributed by atoms with Gasteiger partial charge in [0.25, 0.3) is 0 Å². The van der Waals surface area contributed by atoms with Gasteiger partial charge in [-0.05, 0) is 56.4 Å². The third kappa shape index (κ3) is 3.03. The third-order valence-corrected chi connectivity index (χ3v) is 4.38. The van der Waals surface area contributed by atoms with Crippen LogP contribution in [0.3, 0.4) is 0 Å². The molecule has 0 aliphatic heterocycles. The van der Waals surface area contributed by atoms with Gasteiger partial charge in [-0.3, -0.25) is 0 Å². The van der Waals surface area contributed by atoms with E-state index in [1.165, 1.54) is 11.1 Å². The zero-order valence-electron chi connectivity index (χ0n) is 12.0. The summed E-state index contributed by atoms with van der Waals surface area (Å²) in [6.07, 6.45) is 0. The van der Waals surface area contributed by atoms with Gasteiger partial charge in [0.05, 0.1) is 16.6 Å². The zero-order valence-corrected chi connectivity index (χ0v) is 14.4. The summed E-state index contributed by atoms with van der Waals surface area (Å²) >= 11 is 9.80. The minimum absolute atomic E-state index is 0.594. The van der Waals surface area contributed by atoms with Crippen molar-refractivity contribution in [3.05, 3.63) is 76.2 Å². The number of hydrogen-bond donors (Lipinski definition) is 0. The normalized spacial score (nSPS) is 10.5. The minimum Gasteiger partial charge on any atom is -0.494 e. The summed E-state index contributed by atoms with van der Waals surface area (Å²) < 4.78 is 6.13. The Bertz CT molecular complexity index is 777. The summed E-state index contributed by atoms with van der Waals surface area (Å²) in [6, 6.07) is 22.7. The topological polar surface area (TPSA) is 9.23 Å². The first-order chi connectivity index (χ1) is 10.7. The lowest BCUT2D eigenvalue weighted by Gasteiger charge is -2.10. The Kier molecular flexibility index (Phi) is 4.51. The number of hydrogen-bond acceptors (Lipinski definition) is 1. The second-order valence-electron chi connectivity index (χ2n) is 4.92. The summed E-state index contributed by atoms with van der Waals surface area (Å²) in [5.74, 6) is 0.657. The van der Waals surface area contributed by atoms with E-state index in [2.05, 4.69) is 52.3 Å². The number of rotatable bonds is 3.